The molecule has 0 radical (unpaired) electrons. The minimum atomic E-state index is -0.508. The van der Waals surface area contributed by atoms with E-state index in [1.165, 1.54) is 6.07 Å². The number of fused-ring (bicyclic) bond motifs is 1. The lowest BCUT2D eigenvalue weighted by Crippen LogP contribution is -2.15. The van der Waals surface area contributed by atoms with Crippen LogP contribution in [0.15, 0.2) is 68.6 Å². The number of ether oxygens (including phenoxy) is 2. The Morgan fingerprint density at radius 1 is 1.13 bits per heavy atom. The third-order valence-corrected chi connectivity index (χ3v) is 4.14. The number of carbonyl (C=O) groups excluding carboxylic acids is 1. The average Bonchev–Trinajstić information content (AvgIpc) is 3.24. The van der Waals surface area contributed by atoms with Crippen LogP contribution in [0.1, 0.15) is 12.3 Å². The van der Waals surface area contributed by atoms with Gasteiger partial charge in [-0.05, 0) is 36.8 Å². The summed E-state index contributed by atoms with van der Waals surface area (Å²) in [6.07, 6.45) is 4.33. The summed E-state index contributed by atoms with van der Waals surface area (Å²) in [5.74, 6) is 0.822. The van der Waals surface area contributed by atoms with Crippen molar-refractivity contribution in [1.82, 2.24) is 15.1 Å². The zero-order valence-corrected chi connectivity index (χ0v) is 15.8. The third kappa shape index (κ3) is 4.88. The molecule has 9 heteroatoms. The molecule has 0 spiro atoms. The number of pyridine rings is 1. The van der Waals surface area contributed by atoms with E-state index < -0.39 is 11.6 Å². The summed E-state index contributed by atoms with van der Waals surface area (Å²) in [6.45, 7) is -0.0618. The second-order valence-electron chi connectivity index (χ2n) is 6.32. The molecule has 0 aliphatic carbocycles. The Hall–Kier alpha value is -4.01. The number of hydrogen-bond donors (Lipinski definition) is 0. The summed E-state index contributed by atoms with van der Waals surface area (Å²) < 4.78 is 20.8. The standard InChI is InChI=1S/C21H17N3O6/c25-19-8-6-14-5-7-16(11-17(14)29-19)28-13-20(26)27-10-2-4-18-23-21(24-30-18)15-3-1-9-22-12-15/h1,3,5-9,11-12H,2,4,10,13H2. The number of esters is 1. The van der Waals surface area contributed by atoms with E-state index in [9.17, 15) is 9.59 Å². The molecule has 1 aromatic carbocycles. The Morgan fingerprint density at radius 2 is 2.03 bits per heavy atom. The van der Waals surface area contributed by atoms with Crippen LogP contribution in [-0.4, -0.2) is 34.3 Å². The fourth-order valence-electron chi connectivity index (χ4n) is 2.69. The van der Waals surface area contributed by atoms with Gasteiger partial charge in [-0.1, -0.05) is 5.16 Å². The van der Waals surface area contributed by atoms with Crippen molar-refractivity contribution in [2.24, 2.45) is 0 Å². The first-order chi connectivity index (χ1) is 14.7. The first kappa shape index (κ1) is 19.3. The number of nitrogens with zero attached hydrogens (tertiary/aromatic N) is 3. The molecule has 3 aromatic heterocycles. The van der Waals surface area contributed by atoms with Crippen LogP contribution in [0.25, 0.3) is 22.4 Å². The topological polar surface area (TPSA) is 118 Å². The van der Waals surface area contributed by atoms with E-state index >= 15 is 0 Å². The number of aryl methyl sites for hydroxylation is 1. The van der Waals surface area contributed by atoms with Crippen molar-refractivity contribution < 1.29 is 23.2 Å². The molecule has 4 aromatic rings. The number of aromatic nitrogens is 3. The molecule has 30 heavy (non-hydrogen) atoms. The van der Waals surface area contributed by atoms with Crippen LogP contribution in [0.2, 0.25) is 0 Å². The van der Waals surface area contributed by atoms with E-state index in [1.54, 1.807) is 42.7 Å². The highest BCUT2D eigenvalue weighted by atomic mass is 16.6. The molecule has 9 nitrogen and oxygen atoms in total. The lowest BCUT2D eigenvalue weighted by atomic mass is 10.2. The Balaban J connectivity index is 1.20. The van der Waals surface area contributed by atoms with E-state index in [2.05, 4.69) is 15.1 Å². The van der Waals surface area contributed by atoms with E-state index in [-0.39, 0.29) is 13.2 Å². The second kappa shape index (κ2) is 8.99. The van der Waals surface area contributed by atoms with Crippen molar-refractivity contribution >= 4 is 16.9 Å². The molecule has 0 bridgehead atoms. The largest absolute Gasteiger partial charge is 0.482 e. The van der Waals surface area contributed by atoms with Gasteiger partial charge in [0, 0.05) is 41.9 Å². The first-order valence-electron chi connectivity index (χ1n) is 9.23. The van der Waals surface area contributed by atoms with Crippen LogP contribution >= 0.6 is 0 Å². The van der Waals surface area contributed by atoms with Crippen molar-refractivity contribution in [2.45, 2.75) is 12.8 Å². The van der Waals surface area contributed by atoms with E-state index in [1.807, 2.05) is 6.07 Å². The quantitative estimate of drug-likeness (QED) is 0.247. The highest BCUT2D eigenvalue weighted by Crippen LogP contribution is 2.19. The zero-order chi connectivity index (χ0) is 20.8. The molecule has 0 aliphatic heterocycles. The highest BCUT2D eigenvalue weighted by Gasteiger charge is 2.10. The van der Waals surface area contributed by atoms with Crippen LogP contribution in [0.4, 0.5) is 0 Å². The van der Waals surface area contributed by atoms with Gasteiger partial charge in [0.15, 0.2) is 6.61 Å². The Morgan fingerprint density at radius 3 is 2.90 bits per heavy atom. The van der Waals surface area contributed by atoms with E-state index in [4.69, 9.17) is 18.4 Å². The summed E-state index contributed by atoms with van der Waals surface area (Å²) in [7, 11) is 0. The molecule has 0 amide bonds. The number of hydrogen-bond acceptors (Lipinski definition) is 9. The van der Waals surface area contributed by atoms with Gasteiger partial charge in [-0.2, -0.15) is 4.98 Å². The average molecular weight is 407 g/mol. The smallest absolute Gasteiger partial charge is 0.344 e. The number of rotatable bonds is 8. The molecule has 0 saturated carbocycles. The molecule has 152 valence electrons. The van der Waals surface area contributed by atoms with E-state index in [0.29, 0.717) is 35.9 Å². The highest BCUT2D eigenvalue weighted by molar-refractivity contribution is 5.78. The minimum absolute atomic E-state index is 0.194. The SMILES string of the molecule is O=C(COc1ccc2ccc(=O)oc2c1)OCCCc1nc(-c2cccnc2)no1. The third-order valence-electron chi connectivity index (χ3n) is 4.14. The van der Waals surface area contributed by atoms with Gasteiger partial charge < -0.3 is 18.4 Å². The van der Waals surface area contributed by atoms with Gasteiger partial charge in [-0.15, -0.1) is 0 Å². The van der Waals surface area contributed by atoms with Gasteiger partial charge in [0.1, 0.15) is 11.3 Å². The fourth-order valence-corrected chi connectivity index (χ4v) is 2.69. The second-order valence-corrected chi connectivity index (χ2v) is 6.32. The predicted molar refractivity (Wildman–Crippen MR) is 105 cm³/mol. The molecule has 0 unspecified atom stereocenters. The number of benzene rings is 1. The maximum absolute atomic E-state index is 11.9. The molecule has 0 saturated heterocycles. The summed E-state index contributed by atoms with van der Waals surface area (Å²) in [6, 6.07) is 11.6. The molecule has 3 heterocycles. The first-order valence-corrected chi connectivity index (χ1v) is 9.23. The fraction of sp³-hybridized carbons (Fsp3) is 0.190. The summed E-state index contributed by atoms with van der Waals surface area (Å²) in [4.78, 5) is 31.4. The molecule has 0 atom stereocenters. The van der Waals surface area contributed by atoms with Gasteiger partial charge in [0.25, 0.3) is 0 Å². The van der Waals surface area contributed by atoms with Gasteiger partial charge in [-0.3, -0.25) is 4.98 Å². The summed E-state index contributed by atoms with van der Waals surface area (Å²) in [5.41, 5.74) is 0.704. The molecule has 0 N–H and O–H groups in total. The Kier molecular flexibility index (Phi) is 5.79. The van der Waals surface area contributed by atoms with Gasteiger partial charge >= 0.3 is 11.6 Å². The van der Waals surface area contributed by atoms with Crippen molar-refractivity contribution in [3.05, 3.63) is 71.2 Å². The maximum Gasteiger partial charge on any atom is 0.344 e. The lowest BCUT2D eigenvalue weighted by molar-refractivity contribution is -0.146. The van der Waals surface area contributed by atoms with Crippen molar-refractivity contribution in [3.63, 3.8) is 0 Å². The lowest BCUT2D eigenvalue weighted by Gasteiger charge is -2.07. The van der Waals surface area contributed by atoms with Crippen LogP contribution in [-0.2, 0) is 16.0 Å². The zero-order valence-electron chi connectivity index (χ0n) is 15.8. The molecular weight excluding hydrogens is 390 g/mol. The normalized spacial score (nSPS) is 10.8. The number of carbonyl (C=O) groups is 1. The van der Waals surface area contributed by atoms with Crippen molar-refractivity contribution in [1.29, 1.82) is 0 Å². The van der Waals surface area contributed by atoms with Gasteiger partial charge in [-0.25, -0.2) is 9.59 Å². The Labute approximate surface area is 170 Å². The van der Waals surface area contributed by atoms with E-state index in [0.717, 1.165) is 10.9 Å². The van der Waals surface area contributed by atoms with Crippen LogP contribution < -0.4 is 10.4 Å². The predicted octanol–water partition coefficient (Wildman–Crippen LogP) is 2.79. The van der Waals surface area contributed by atoms with Crippen LogP contribution in [0.5, 0.6) is 5.75 Å². The molecule has 4 rings (SSSR count). The molecule has 0 aliphatic rings. The monoisotopic (exact) mass is 407 g/mol. The minimum Gasteiger partial charge on any atom is -0.482 e. The van der Waals surface area contributed by atoms with Gasteiger partial charge in [0.05, 0.1) is 6.61 Å². The molecular formula is C21H17N3O6. The Bertz CT molecular complexity index is 1200. The van der Waals surface area contributed by atoms with Crippen molar-refractivity contribution in [2.75, 3.05) is 13.2 Å². The van der Waals surface area contributed by atoms with Crippen molar-refractivity contribution in [3.8, 4) is 17.1 Å². The summed E-state index contributed by atoms with van der Waals surface area (Å²) in [5, 5.41) is 4.67. The van der Waals surface area contributed by atoms with Crippen LogP contribution in [0, 0.1) is 0 Å². The summed E-state index contributed by atoms with van der Waals surface area (Å²) >= 11 is 0. The maximum atomic E-state index is 11.9. The van der Waals surface area contributed by atoms with Gasteiger partial charge in [0.2, 0.25) is 11.7 Å². The molecule has 0 fully saturated rings. The van der Waals surface area contributed by atoms with Crippen LogP contribution in [0.3, 0.4) is 0 Å².